The van der Waals surface area contributed by atoms with E-state index >= 15 is 0 Å². The van der Waals surface area contributed by atoms with E-state index in [2.05, 4.69) is 5.32 Å². The average molecular weight is 625 g/mol. The Hall–Kier alpha value is -3.89. The number of aliphatic hydroxyl groups is 1. The van der Waals surface area contributed by atoms with Gasteiger partial charge >= 0.3 is 0 Å². The fourth-order valence-electron chi connectivity index (χ4n) is 6.14. The Labute approximate surface area is 265 Å². The van der Waals surface area contributed by atoms with Crippen molar-refractivity contribution in [1.29, 1.82) is 0 Å². The van der Waals surface area contributed by atoms with Crippen LogP contribution in [0.2, 0.25) is 0 Å². The molecule has 10 heteroatoms. The lowest BCUT2D eigenvalue weighted by molar-refractivity contribution is -0.132. The smallest absolute Gasteiger partial charge is 0.253 e. The molecule has 244 valence electrons. The maximum Gasteiger partial charge on any atom is 0.253 e. The van der Waals surface area contributed by atoms with Crippen molar-refractivity contribution in [2.45, 2.75) is 59.1 Å². The number of halogens is 2. The minimum absolute atomic E-state index is 0.00102. The number of allylic oxidation sites excluding steroid dienone is 2. The summed E-state index contributed by atoms with van der Waals surface area (Å²) in [5.74, 6) is -3.59. The van der Waals surface area contributed by atoms with Crippen molar-refractivity contribution in [1.82, 2.24) is 15.1 Å². The summed E-state index contributed by atoms with van der Waals surface area (Å²) in [4.78, 5) is 42.8. The first-order valence-electron chi connectivity index (χ1n) is 15.4. The van der Waals surface area contributed by atoms with Crippen molar-refractivity contribution >= 4 is 17.7 Å². The van der Waals surface area contributed by atoms with Gasteiger partial charge in [-0.1, -0.05) is 43.7 Å². The first kappa shape index (κ1) is 35.6. The topological polar surface area (TPSA) is 116 Å². The number of hydrogen-bond acceptors (Lipinski definition) is 5. The maximum atomic E-state index is 14.3. The summed E-state index contributed by atoms with van der Waals surface area (Å²) >= 11 is 0. The number of hydrogen-bond donors (Lipinski definition) is 3. The van der Waals surface area contributed by atoms with Crippen molar-refractivity contribution in [3.63, 3.8) is 0 Å². The van der Waals surface area contributed by atoms with Gasteiger partial charge in [-0.25, -0.2) is 8.78 Å². The molecule has 2 aromatic rings. The van der Waals surface area contributed by atoms with Gasteiger partial charge in [0.25, 0.3) is 5.91 Å². The predicted octanol–water partition coefficient (Wildman–Crippen LogP) is 4.37. The van der Waals surface area contributed by atoms with E-state index in [1.807, 2.05) is 19.9 Å². The highest BCUT2D eigenvalue weighted by Crippen LogP contribution is 2.44. The minimum atomic E-state index is -1.52. The third kappa shape index (κ3) is 9.08. The minimum Gasteiger partial charge on any atom is -0.391 e. The van der Waals surface area contributed by atoms with E-state index in [4.69, 9.17) is 5.73 Å². The van der Waals surface area contributed by atoms with Crippen LogP contribution in [0, 0.1) is 23.0 Å². The molecule has 45 heavy (non-hydrogen) atoms. The van der Waals surface area contributed by atoms with Crippen LogP contribution in [0.3, 0.4) is 0 Å². The predicted molar refractivity (Wildman–Crippen MR) is 171 cm³/mol. The number of rotatable bonds is 15. The Morgan fingerprint density at radius 2 is 1.64 bits per heavy atom. The zero-order valence-corrected chi connectivity index (χ0v) is 26.9. The van der Waals surface area contributed by atoms with Crippen LogP contribution in [0.25, 0.3) is 0 Å². The lowest BCUT2D eigenvalue weighted by Crippen LogP contribution is -2.51. The molecule has 1 aliphatic rings. The van der Waals surface area contributed by atoms with E-state index in [0.29, 0.717) is 36.3 Å². The van der Waals surface area contributed by atoms with Crippen LogP contribution in [0.15, 0.2) is 65.8 Å². The third-order valence-corrected chi connectivity index (χ3v) is 8.14. The first-order chi connectivity index (χ1) is 21.3. The lowest BCUT2D eigenvalue weighted by Gasteiger charge is -2.42. The summed E-state index contributed by atoms with van der Waals surface area (Å²) in [5.41, 5.74) is 7.20. The summed E-state index contributed by atoms with van der Waals surface area (Å²) < 4.78 is 28.5. The molecule has 0 spiro atoms. The van der Waals surface area contributed by atoms with E-state index in [0.717, 1.165) is 24.5 Å². The van der Waals surface area contributed by atoms with Gasteiger partial charge in [-0.15, -0.1) is 0 Å². The number of nitrogens with zero attached hydrogens (tertiary/aromatic N) is 2. The van der Waals surface area contributed by atoms with Gasteiger partial charge in [0.2, 0.25) is 11.8 Å². The SMILES string of the molecule is CCCN(CCC)C(=O)C1=CC(C)=CC(C(N)=O)([C@H](Cc2cc(F)cc(F)c2)[C@@H](O)CNCc2cccc(C(=O)N(C)C)c2)C1. The largest absolute Gasteiger partial charge is 0.391 e. The molecule has 0 fully saturated rings. The van der Waals surface area contributed by atoms with Gasteiger partial charge in [-0.05, 0) is 68.0 Å². The molecule has 3 atom stereocenters. The molecule has 1 unspecified atom stereocenters. The Bertz CT molecular complexity index is 1410. The summed E-state index contributed by atoms with van der Waals surface area (Å²) in [6.07, 6.45) is 3.60. The van der Waals surface area contributed by atoms with Crippen LogP contribution in [0.1, 0.15) is 61.5 Å². The Kier molecular flexibility index (Phi) is 12.6. The van der Waals surface area contributed by atoms with E-state index in [1.165, 1.54) is 17.0 Å². The number of nitrogens with one attached hydrogen (secondary N) is 1. The van der Waals surface area contributed by atoms with E-state index < -0.39 is 35.0 Å². The van der Waals surface area contributed by atoms with Gasteiger partial charge in [0, 0.05) is 63.4 Å². The number of aliphatic hydroxyl groups excluding tert-OH is 1. The van der Waals surface area contributed by atoms with Gasteiger partial charge in [-0.3, -0.25) is 14.4 Å². The molecule has 0 aliphatic heterocycles. The first-order valence-corrected chi connectivity index (χ1v) is 15.4. The standard InChI is InChI=1S/C35H46F2N4O4/c1-6-11-41(12-7-2)33(44)27-13-23(3)19-35(20-27,34(38)45)30(17-25-15-28(36)18-29(37)16-25)31(42)22-39-21-24-9-8-10-26(14-24)32(43)40(4)5/h8-10,13-16,18-19,30-31,39,42H,6-7,11-12,17,20-22H2,1-5H3,(H2,38,45)/t30-,31+,35?/m1/s1. The van der Waals surface area contributed by atoms with Crippen LogP contribution in [-0.2, 0) is 22.6 Å². The Morgan fingerprint density at radius 1 is 1.00 bits per heavy atom. The third-order valence-electron chi connectivity index (χ3n) is 8.14. The van der Waals surface area contributed by atoms with Gasteiger partial charge in [0.05, 0.1) is 11.5 Å². The maximum absolute atomic E-state index is 14.3. The van der Waals surface area contributed by atoms with E-state index in [1.54, 1.807) is 56.3 Å². The Balaban J connectivity index is 1.96. The summed E-state index contributed by atoms with van der Waals surface area (Å²) in [5, 5.41) is 14.9. The van der Waals surface area contributed by atoms with Gasteiger partial charge in [0.15, 0.2) is 0 Å². The molecule has 8 nitrogen and oxygen atoms in total. The number of nitrogens with two attached hydrogens (primary N) is 1. The molecule has 3 rings (SSSR count). The van der Waals surface area contributed by atoms with E-state index in [9.17, 15) is 28.3 Å². The molecule has 0 saturated carbocycles. The van der Waals surface area contributed by atoms with Crippen molar-refractivity contribution < 1.29 is 28.3 Å². The van der Waals surface area contributed by atoms with Crippen molar-refractivity contribution in [2.24, 2.45) is 17.1 Å². The van der Waals surface area contributed by atoms with Crippen LogP contribution >= 0.6 is 0 Å². The Morgan fingerprint density at radius 3 is 2.22 bits per heavy atom. The number of carbonyl (C=O) groups excluding carboxylic acids is 3. The van der Waals surface area contributed by atoms with Gasteiger partial charge < -0.3 is 26.0 Å². The van der Waals surface area contributed by atoms with Crippen molar-refractivity contribution in [3.05, 3.63) is 94.1 Å². The molecule has 1 aliphatic carbocycles. The molecule has 4 N–H and O–H groups in total. The number of benzene rings is 2. The second kappa shape index (κ2) is 15.9. The van der Waals surface area contributed by atoms with Crippen molar-refractivity contribution in [3.8, 4) is 0 Å². The van der Waals surface area contributed by atoms with Crippen LogP contribution in [0.4, 0.5) is 8.78 Å². The second-order valence-corrected chi connectivity index (χ2v) is 12.1. The normalized spacial score (nSPS) is 17.6. The molecule has 0 aromatic heterocycles. The van der Waals surface area contributed by atoms with Crippen molar-refractivity contribution in [2.75, 3.05) is 33.7 Å². The molecule has 0 radical (unpaired) electrons. The van der Waals surface area contributed by atoms with Crippen LogP contribution < -0.4 is 11.1 Å². The highest BCUT2D eigenvalue weighted by atomic mass is 19.1. The van der Waals surface area contributed by atoms with Crippen LogP contribution in [-0.4, -0.2) is 72.5 Å². The highest BCUT2D eigenvalue weighted by molar-refractivity contribution is 5.97. The fourth-order valence-corrected chi connectivity index (χ4v) is 6.14. The van der Waals surface area contributed by atoms with Gasteiger partial charge in [0.1, 0.15) is 11.6 Å². The quantitative estimate of drug-likeness (QED) is 0.272. The number of primary amides is 1. The zero-order valence-electron chi connectivity index (χ0n) is 26.9. The molecular formula is C35H46F2N4O4. The lowest BCUT2D eigenvalue weighted by atomic mass is 9.63. The monoisotopic (exact) mass is 624 g/mol. The molecular weight excluding hydrogens is 578 g/mol. The average Bonchev–Trinajstić information content (AvgIpc) is 2.98. The number of amides is 3. The highest BCUT2D eigenvalue weighted by Gasteiger charge is 2.48. The summed E-state index contributed by atoms with van der Waals surface area (Å²) in [6.45, 7) is 7.14. The summed E-state index contributed by atoms with van der Waals surface area (Å²) in [7, 11) is 3.34. The number of carbonyl (C=O) groups is 3. The van der Waals surface area contributed by atoms with Gasteiger partial charge in [-0.2, -0.15) is 0 Å². The summed E-state index contributed by atoms with van der Waals surface area (Å²) in [6, 6.07) is 10.2. The fraction of sp³-hybridized carbons (Fsp3) is 0.457. The molecule has 0 saturated heterocycles. The molecule has 0 heterocycles. The molecule has 2 aromatic carbocycles. The molecule has 0 bridgehead atoms. The molecule has 3 amide bonds. The second-order valence-electron chi connectivity index (χ2n) is 12.1. The van der Waals surface area contributed by atoms with Crippen LogP contribution in [0.5, 0.6) is 0 Å². The van der Waals surface area contributed by atoms with E-state index in [-0.39, 0.29) is 36.8 Å². The zero-order chi connectivity index (χ0) is 33.3.